The number of carboxylic acid groups (broad SMARTS) is 1. The molecule has 5 atom stereocenters. The maximum atomic E-state index is 14.2. The molecule has 17 heteroatoms. The molecule has 374 valence electrons. The van der Waals surface area contributed by atoms with Crippen LogP contribution in [0.5, 0.6) is 0 Å². The summed E-state index contributed by atoms with van der Waals surface area (Å²) in [6, 6.07) is 16.1. The molecule has 0 radical (unpaired) electrons. The van der Waals surface area contributed by atoms with Gasteiger partial charge in [-0.15, -0.1) is 0 Å². The Bertz CT molecular complexity index is 2160. The van der Waals surface area contributed by atoms with E-state index in [1.807, 2.05) is 96.1 Å². The highest BCUT2D eigenvalue weighted by Crippen LogP contribution is 2.46. The third kappa shape index (κ3) is 18.0. The fraction of sp³-hybridized carbons (Fsp3) is 0.558. The van der Waals surface area contributed by atoms with Crippen LogP contribution in [0, 0.1) is 17.8 Å². The minimum atomic E-state index is -1.07. The Morgan fingerprint density at radius 3 is 2.13 bits per heavy atom. The Hall–Kier alpha value is -5.65. The normalized spacial score (nSPS) is 17.1. The van der Waals surface area contributed by atoms with Crippen molar-refractivity contribution in [3.63, 3.8) is 0 Å². The fourth-order valence-corrected chi connectivity index (χ4v) is 8.41. The van der Waals surface area contributed by atoms with Crippen molar-refractivity contribution in [2.75, 3.05) is 13.2 Å². The van der Waals surface area contributed by atoms with Crippen LogP contribution in [0.15, 0.2) is 73.2 Å². The first-order valence-corrected chi connectivity index (χ1v) is 24.3. The number of aliphatic carboxylic acids is 1. The monoisotopic (exact) mass is 954 g/mol. The number of hydrogen-bond acceptors (Lipinski definition) is 12. The smallest absolute Gasteiger partial charge is 0.481 e. The first-order chi connectivity index (χ1) is 32.8. The van der Waals surface area contributed by atoms with E-state index in [2.05, 4.69) is 25.9 Å². The van der Waals surface area contributed by atoms with Crippen LogP contribution in [0.2, 0.25) is 0 Å². The van der Waals surface area contributed by atoms with E-state index in [4.69, 9.17) is 14.0 Å². The number of carbonyl (C=O) groups excluding carboxylic acids is 6. The third-order valence-electron chi connectivity index (χ3n) is 12.6. The van der Waals surface area contributed by atoms with Crippen LogP contribution < -0.4 is 16.0 Å². The molecule has 16 nitrogen and oxygen atoms in total. The lowest BCUT2D eigenvalue weighted by Crippen LogP contribution is -2.55. The van der Waals surface area contributed by atoms with Crippen molar-refractivity contribution >= 4 is 48.2 Å². The van der Waals surface area contributed by atoms with Gasteiger partial charge in [-0.1, -0.05) is 75.4 Å². The van der Waals surface area contributed by atoms with Gasteiger partial charge in [-0.25, -0.2) is 4.98 Å². The van der Waals surface area contributed by atoms with E-state index >= 15 is 0 Å². The summed E-state index contributed by atoms with van der Waals surface area (Å²) in [6.45, 7) is 14.6. The molecule has 1 aliphatic rings. The van der Waals surface area contributed by atoms with Crippen molar-refractivity contribution in [3.05, 3.63) is 95.6 Å². The van der Waals surface area contributed by atoms with Gasteiger partial charge in [-0.05, 0) is 88.8 Å². The van der Waals surface area contributed by atoms with Gasteiger partial charge in [0, 0.05) is 82.5 Å². The Morgan fingerprint density at radius 2 is 1.49 bits per heavy atom. The van der Waals surface area contributed by atoms with Crippen molar-refractivity contribution in [3.8, 4) is 0 Å². The molecule has 3 amide bonds. The zero-order valence-corrected chi connectivity index (χ0v) is 41.4. The molecule has 4 N–H and O–H groups in total. The van der Waals surface area contributed by atoms with Crippen LogP contribution in [0.4, 0.5) is 0 Å². The van der Waals surface area contributed by atoms with Gasteiger partial charge in [0.05, 0.1) is 17.7 Å². The fourth-order valence-electron chi connectivity index (χ4n) is 8.41. The number of ketones is 3. The van der Waals surface area contributed by atoms with Gasteiger partial charge < -0.3 is 39.9 Å². The number of unbranched alkanes of at least 4 members (excludes halogenated alkanes) is 1. The lowest BCUT2D eigenvalue weighted by Gasteiger charge is -2.37. The summed E-state index contributed by atoms with van der Waals surface area (Å²) in [6.07, 6.45) is 6.90. The molecule has 1 aromatic heterocycles. The first kappa shape index (κ1) is 55.9. The van der Waals surface area contributed by atoms with Crippen molar-refractivity contribution in [2.45, 2.75) is 155 Å². The maximum absolute atomic E-state index is 14.2. The van der Waals surface area contributed by atoms with Gasteiger partial charge in [0.1, 0.15) is 34.7 Å². The van der Waals surface area contributed by atoms with Gasteiger partial charge in [0.25, 0.3) is 5.91 Å². The summed E-state index contributed by atoms with van der Waals surface area (Å²) in [5, 5.41) is 18.1. The quantitative estimate of drug-likeness (QED) is 0.0389. The molecule has 2 aromatic carbocycles. The predicted octanol–water partition coefficient (Wildman–Crippen LogP) is 6.71. The maximum Gasteiger partial charge on any atom is 0.482 e. The number of benzene rings is 2. The summed E-state index contributed by atoms with van der Waals surface area (Å²) in [4.78, 5) is 98.8. The second-order valence-electron chi connectivity index (χ2n) is 19.1. The van der Waals surface area contributed by atoms with Gasteiger partial charge in [-0.2, -0.15) is 0 Å². The van der Waals surface area contributed by atoms with E-state index in [1.54, 1.807) is 0 Å². The molecule has 69 heavy (non-hydrogen) atoms. The predicted molar refractivity (Wildman–Crippen MR) is 260 cm³/mol. The molecule has 3 aromatic rings. The number of ether oxygens (including phenoxy) is 1. The minimum Gasteiger partial charge on any atom is -0.481 e. The van der Waals surface area contributed by atoms with Crippen molar-refractivity contribution in [1.29, 1.82) is 0 Å². The van der Waals surface area contributed by atoms with Gasteiger partial charge in [0.2, 0.25) is 11.8 Å². The molecule has 5 unspecified atom stereocenters. The Kier molecular flexibility index (Phi) is 22.3. The molecule has 0 aliphatic carbocycles. The van der Waals surface area contributed by atoms with Crippen LogP contribution in [-0.4, -0.2) is 94.0 Å². The van der Waals surface area contributed by atoms with Crippen molar-refractivity contribution in [1.82, 2.24) is 25.9 Å². The summed E-state index contributed by atoms with van der Waals surface area (Å²) in [5.74, 6) is -5.04. The SMILES string of the molecule is CCCOCCCCC(=O)C(CCC(=O)NCc1ccc(C2(C)OB(C(CC(C)C)NC(=O)C(Cc3ccccc3)NC(=O)c3cnccn3)OC2(C)C)cc1)CC(=O)C(CCC(=O)O)CC(C)=O. The molecule has 0 bridgehead atoms. The molecular weight excluding hydrogens is 881 g/mol. The molecule has 4 rings (SSSR count). The number of nitrogens with zero attached hydrogens (tertiary/aromatic N) is 2. The number of carbonyl (C=O) groups is 7. The highest BCUT2D eigenvalue weighted by atomic mass is 16.7. The number of rotatable bonds is 31. The Morgan fingerprint density at radius 1 is 0.797 bits per heavy atom. The average molecular weight is 954 g/mol. The van der Waals surface area contributed by atoms with Crippen LogP contribution in [0.3, 0.4) is 0 Å². The summed E-state index contributed by atoms with van der Waals surface area (Å²) < 4.78 is 19.0. The molecular formula is C52H72BN5O11. The number of amides is 3. The van der Waals surface area contributed by atoms with Gasteiger partial charge in [0.15, 0.2) is 0 Å². The van der Waals surface area contributed by atoms with Crippen LogP contribution >= 0.6 is 0 Å². The zero-order chi connectivity index (χ0) is 50.6. The van der Waals surface area contributed by atoms with Crippen LogP contribution in [0.1, 0.15) is 146 Å². The Labute approximate surface area is 407 Å². The average Bonchev–Trinajstić information content (AvgIpc) is 3.57. The molecule has 1 aliphatic heterocycles. The van der Waals surface area contributed by atoms with E-state index in [0.29, 0.717) is 32.5 Å². The number of nitrogens with one attached hydrogen (secondary N) is 3. The summed E-state index contributed by atoms with van der Waals surface area (Å²) in [5.41, 5.74) is 0.726. The molecule has 0 spiro atoms. The van der Waals surface area contributed by atoms with E-state index in [0.717, 1.165) is 23.1 Å². The largest absolute Gasteiger partial charge is 0.482 e. The summed E-state index contributed by atoms with van der Waals surface area (Å²) in [7, 11) is -0.848. The van der Waals surface area contributed by atoms with E-state index in [-0.39, 0.29) is 92.8 Å². The molecule has 0 saturated carbocycles. The molecule has 2 heterocycles. The lowest BCUT2D eigenvalue weighted by atomic mass is 9.73. The van der Waals surface area contributed by atoms with E-state index in [9.17, 15) is 38.7 Å². The highest BCUT2D eigenvalue weighted by molar-refractivity contribution is 6.48. The highest BCUT2D eigenvalue weighted by Gasteiger charge is 2.57. The topological polar surface area (TPSA) is 229 Å². The van der Waals surface area contributed by atoms with E-state index in [1.165, 1.54) is 25.5 Å². The summed E-state index contributed by atoms with van der Waals surface area (Å²) >= 11 is 0. The lowest BCUT2D eigenvalue weighted by molar-refractivity contribution is -0.138. The van der Waals surface area contributed by atoms with Crippen molar-refractivity contribution < 1.29 is 52.7 Å². The van der Waals surface area contributed by atoms with Gasteiger partial charge in [-0.3, -0.25) is 33.8 Å². The molecule has 1 fully saturated rings. The second kappa shape index (κ2) is 27.5. The zero-order valence-electron chi connectivity index (χ0n) is 41.4. The van der Waals surface area contributed by atoms with Crippen LogP contribution in [0.25, 0.3) is 0 Å². The Balaban J connectivity index is 1.41. The standard InChI is InChI=1S/C52H72BN5O11/c1-8-27-67-28-13-12-16-44(60)40(32-45(61)39(30-36(4)59)20-24-48(63)64)19-23-47(62)56-33-38-17-21-41(22-18-38)52(7)51(5,6)68-53(69-52)46(29-35(2)3)58-49(65)42(31-37-14-10-9-11-15-37)57-50(66)43-34-54-25-26-55-43/h9-11,14-15,17-18,21-22,25-26,34-35,39-40,42,46H,8,12-13,16,19-20,23-24,27-33H2,1-7H3,(H,56,62)(H,57,66)(H,58,65)(H,63,64). The minimum absolute atomic E-state index is 0.000681. The second-order valence-corrected chi connectivity index (χ2v) is 19.1. The number of hydrogen-bond donors (Lipinski definition) is 4. The van der Waals surface area contributed by atoms with E-state index < -0.39 is 59.9 Å². The van der Waals surface area contributed by atoms with Crippen LogP contribution in [-0.2, 0) is 61.4 Å². The number of aromatic nitrogens is 2. The number of Topliss-reactive ketones (excluding diaryl/α,β-unsaturated/α-hetero) is 3. The van der Waals surface area contributed by atoms with Crippen molar-refractivity contribution in [2.24, 2.45) is 17.8 Å². The number of carboxylic acids is 1. The molecule has 1 saturated heterocycles. The van der Waals surface area contributed by atoms with Gasteiger partial charge >= 0.3 is 13.1 Å². The third-order valence-corrected chi connectivity index (χ3v) is 12.6. The first-order valence-electron chi connectivity index (χ1n) is 24.3.